The molecule has 0 aromatic heterocycles. The van der Waals surface area contributed by atoms with E-state index in [4.69, 9.17) is 10.00 Å². The first-order valence-electron chi connectivity index (χ1n) is 12.4. The van der Waals surface area contributed by atoms with Crippen LogP contribution in [-0.4, -0.2) is 5.97 Å². The van der Waals surface area contributed by atoms with Gasteiger partial charge in [0, 0.05) is 0 Å². The number of esters is 1. The van der Waals surface area contributed by atoms with Crippen molar-refractivity contribution in [3.63, 3.8) is 0 Å². The third-order valence-electron chi connectivity index (χ3n) is 7.92. The van der Waals surface area contributed by atoms with Gasteiger partial charge < -0.3 is 4.74 Å². The number of carbonyl (C=O) groups is 1. The largest absolute Gasteiger partial charge is 0.426 e. The molecule has 0 N–H and O–H groups in total. The maximum atomic E-state index is 12.6. The van der Waals surface area contributed by atoms with Crippen LogP contribution in [-0.2, 0) is 4.79 Å². The molecule has 2 saturated carbocycles. The number of carbonyl (C=O) groups excluding carboxylic acids is 1. The number of ether oxygens (including phenoxy) is 1. The highest BCUT2D eigenvalue weighted by atomic mass is 16.5. The van der Waals surface area contributed by atoms with E-state index in [2.05, 4.69) is 43.3 Å². The van der Waals surface area contributed by atoms with Gasteiger partial charge >= 0.3 is 5.97 Å². The summed E-state index contributed by atoms with van der Waals surface area (Å²) >= 11 is 0. The van der Waals surface area contributed by atoms with Gasteiger partial charge in [0.05, 0.1) is 17.6 Å². The SMILES string of the molecule is C[C@H](CC1CCC(C2CCC(C(=O)Oc3ccc(C#N)cc3)CC2)CC1)c1ccccc1. The second-order valence-electron chi connectivity index (χ2n) is 10.00. The van der Waals surface area contributed by atoms with Crippen molar-refractivity contribution in [2.75, 3.05) is 0 Å². The highest BCUT2D eigenvalue weighted by Crippen LogP contribution is 2.43. The van der Waals surface area contributed by atoms with Gasteiger partial charge in [0.2, 0.25) is 0 Å². The Labute approximate surface area is 192 Å². The normalized spacial score (nSPS) is 26.6. The molecule has 168 valence electrons. The van der Waals surface area contributed by atoms with Crippen LogP contribution in [0.25, 0.3) is 0 Å². The lowest BCUT2D eigenvalue weighted by atomic mass is 9.68. The Balaban J connectivity index is 1.19. The summed E-state index contributed by atoms with van der Waals surface area (Å²) in [6.07, 6.45) is 11.0. The van der Waals surface area contributed by atoms with Crippen LogP contribution in [0.2, 0.25) is 0 Å². The molecule has 2 aromatic rings. The van der Waals surface area contributed by atoms with Gasteiger partial charge in [-0.2, -0.15) is 5.26 Å². The lowest BCUT2D eigenvalue weighted by molar-refractivity contribution is -0.140. The number of hydrogen-bond acceptors (Lipinski definition) is 3. The predicted molar refractivity (Wildman–Crippen MR) is 127 cm³/mol. The Hall–Kier alpha value is -2.60. The van der Waals surface area contributed by atoms with E-state index < -0.39 is 0 Å². The maximum Gasteiger partial charge on any atom is 0.314 e. The molecule has 0 saturated heterocycles. The van der Waals surface area contributed by atoms with E-state index >= 15 is 0 Å². The first-order chi connectivity index (χ1) is 15.6. The van der Waals surface area contributed by atoms with Crippen molar-refractivity contribution in [1.29, 1.82) is 5.26 Å². The summed E-state index contributed by atoms with van der Waals surface area (Å²) in [5.41, 5.74) is 2.05. The Kier molecular flexibility index (Phi) is 7.63. The van der Waals surface area contributed by atoms with E-state index in [1.54, 1.807) is 24.3 Å². The minimum Gasteiger partial charge on any atom is -0.426 e. The van der Waals surface area contributed by atoms with Crippen LogP contribution in [0, 0.1) is 35.0 Å². The van der Waals surface area contributed by atoms with Gasteiger partial charge in [-0.05, 0) is 98.4 Å². The molecule has 0 radical (unpaired) electrons. The van der Waals surface area contributed by atoms with Crippen LogP contribution in [0.5, 0.6) is 5.75 Å². The molecule has 4 rings (SSSR count). The summed E-state index contributed by atoms with van der Waals surface area (Å²) < 4.78 is 5.57. The van der Waals surface area contributed by atoms with E-state index in [0.29, 0.717) is 17.2 Å². The summed E-state index contributed by atoms with van der Waals surface area (Å²) in [5.74, 6) is 3.58. The molecule has 0 bridgehead atoms. The summed E-state index contributed by atoms with van der Waals surface area (Å²) in [6.45, 7) is 2.37. The van der Waals surface area contributed by atoms with E-state index in [9.17, 15) is 4.79 Å². The van der Waals surface area contributed by atoms with Gasteiger partial charge in [0.1, 0.15) is 5.75 Å². The summed E-state index contributed by atoms with van der Waals surface area (Å²) in [6, 6.07) is 19.8. The zero-order valence-electron chi connectivity index (χ0n) is 19.2. The third kappa shape index (κ3) is 5.80. The first kappa shape index (κ1) is 22.6. The molecule has 0 heterocycles. The minimum absolute atomic E-state index is 0.0185. The molecule has 0 amide bonds. The van der Waals surface area contributed by atoms with E-state index in [1.807, 2.05) is 0 Å². The van der Waals surface area contributed by atoms with Crippen molar-refractivity contribution in [3.8, 4) is 11.8 Å². The van der Waals surface area contributed by atoms with E-state index in [1.165, 1.54) is 37.7 Å². The fourth-order valence-corrected chi connectivity index (χ4v) is 5.94. The summed E-state index contributed by atoms with van der Waals surface area (Å²) in [5, 5.41) is 8.89. The maximum absolute atomic E-state index is 12.6. The molecule has 32 heavy (non-hydrogen) atoms. The van der Waals surface area contributed by atoms with Gasteiger partial charge in [-0.3, -0.25) is 4.79 Å². The van der Waals surface area contributed by atoms with Crippen molar-refractivity contribution in [3.05, 3.63) is 65.7 Å². The fraction of sp³-hybridized carbons (Fsp3) is 0.517. The van der Waals surface area contributed by atoms with Crippen LogP contribution in [0.1, 0.15) is 81.8 Å². The lowest BCUT2D eigenvalue weighted by Crippen LogP contribution is -2.30. The van der Waals surface area contributed by atoms with Crippen LogP contribution in [0.15, 0.2) is 54.6 Å². The second kappa shape index (κ2) is 10.8. The number of rotatable bonds is 6. The molecular weight excluding hydrogens is 394 g/mol. The smallest absolute Gasteiger partial charge is 0.314 e. The molecule has 2 aliphatic carbocycles. The number of nitriles is 1. The lowest BCUT2D eigenvalue weighted by Gasteiger charge is -2.38. The molecule has 2 aromatic carbocycles. The van der Waals surface area contributed by atoms with Gasteiger partial charge in [-0.25, -0.2) is 0 Å². The van der Waals surface area contributed by atoms with E-state index in [0.717, 1.165) is 43.4 Å². The van der Waals surface area contributed by atoms with Crippen molar-refractivity contribution in [1.82, 2.24) is 0 Å². The van der Waals surface area contributed by atoms with Crippen molar-refractivity contribution in [2.24, 2.45) is 23.7 Å². The monoisotopic (exact) mass is 429 g/mol. The topological polar surface area (TPSA) is 50.1 Å². The zero-order chi connectivity index (χ0) is 22.3. The Morgan fingerprint density at radius 2 is 1.50 bits per heavy atom. The minimum atomic E-state index is -0.105. The average molecular weight is 430 g/mol. The number of benzene rings is 2. The fourth-order valence-electron chi connectivity index (χ4n) is 5.94. The average Bonchev–Trinajstić information content (AvgIpc) is 2.85. The molecule has 3 nitrogen and oxygen atoms in total. The van der Waals surface area contributed by atoms with Crippen LogP contribution in [0.3, 0.4) is 0 Å². The molecule has 1 atom stereocenters. The summed E-state index contributed by atoms with van der Waals surface area (Å²) in [4.78, 5) is 12.6. The molecule has 3 heteroatoms. The molecule has 0 aliphatic heterocycles. The predicted octanol–water partition coefficient (Wildman–Crippen LogP) is 7.27. The standard InChI is InChI=1S/C29H35NO2/c1-21(24-5-3-2-4-6-24)19-22-7-11-25(12-8-22)26-13-15-27(16-14-26)29(31)32-28-17-9-23(20-30)10-18-28/h2-6,9-10,17-18,21-22,25-27H,7-8,11-16,19H2,1H3/t21-,22?,25?,26?,27?/m1/s1. The van der Waals surface area contributed by atoms with Crippen molar-refractivity contribution >= 4 is 5.97 Å². The Morgan fingerprint density at radius 1 is 0.906 bits per heavy atom. The third-order valence-corrected chi connectivity index (χ3v) is 7.92. The second-order valence-corrected chi connectivity index (χ2v) is 10.00. The molecular formula is C29H35NO2. The zero-order valence-corrected chi connectivity index (χ0v) is 19.2. The molecule has 0 unspecified atom stereocenters. The number of nitrogens with zero attached hydrogens (tertiary/aromatic N) is 1. The van der Waals surface area contributed by atoms with Crippen LogP contribution < -0.4 is 4.74 Å². The molecule has 0 spiro atoms. The van der Waals surface area contributed by atoms with Gasteiger partial charge in [0.15, 0.2) is 0 Å². The molecule has 2 aliphatic rings. The van der Waals surface area contributed by atoms with Crippen LogP contribution in [0.4, 0.5) is 0 Å². The highest BCUT2D eigenvalue weighted by Gasteiger charge is 2.34. The summed E-state index contributed by atoms with van der Waals surface area (Å²) in [7, 11) is 0. The van der Waals surface area contributed by atoms with E-state index in [-0.39, 0.29) is 11.9 Å². The quantitative estimate of drug-likeness (QED) is 0.358. The van der Waals surface area contributed by atoms with Crippen molar-refractivity contribution < 1.29 is 9.53 Å². The molecule has 2 fully saturated rings. The van der Waals surface area contributed by atoms with Gasteiger partial charge in [0.25, 0.3) is 0 Å². The van der Waals surface area contributed by atoms with Crippen LogP contribution >= 0.6 is 0 Å². The Morgan fingerprint density at radius 3 is 2.09 bits per heavy atom. The van der Waals surface area contributed by atoms with Gasteiger partial charge in [-0.15, -0.1) is 0 Å². The number of hydrogen-bond donors (Lipinski definition) is 0. The van der Waals surface area contributed by atoms with Crippen molar-refractivity contribution in [2.45, 2.75) is 70.6 Å². The Bertz CT molecular complexity index is 898. The first-order valence-corrected chi connectivity index (χ1v) is 12.4. The highest BCUT2D eigenvalue weighted by molar-refractivity contribution is 5.75. The van der Waals surface area contributed by atoms with Gasteiger partial charge in [-0.1, -0.05) is 50.1 Å².